The molecule has 3 nitrogen and oxygen atoms in total. The van der Waals surface area contributed by atoms with Crippen molar-refractivity contribution in [2.75, 3.05) is 6.61 Å². The summed E-state index contributed by atoms with van der Waals surface area (Å²) in [7, 11) is 0. The highest BCUT2D eigenvalue weighted by Crippen LogP contribution is 2.04. The molecule has 0 rings (SSSR count). The number of hydrogen-bond acceptors (Lipinski definition) is 3. The van der Waals surface area contributed by atoms with Crippen LogP contribution in [0.1, 0.15) is 27.2 Å². The Labute approximate surface area is 73.6 Å². The number of nitrogens with two attached hydrogens (primary N) is 1. The Morgan fingerprint density at radius 3 is 2.50 bits per heavy atom. The third kappa shape index (κ3) is 3.53. The Morgan fingerprint density at radius 2 is 2.17 bits per heavy atom. The van der Waals surface area contributed by atoms with Crippen LogP contribution in [0.5, 0.6) is 0 Å². The third-order valence-corrected chi connectivity index (χ3v) is 1.43. The first-order valence-electron chi connectivity index (χ1n) is 4.26. The lowest BCUT2D eigenvalue weighted by atomic mass is 10.1. The van der Waals surface area contributed by atoms with E-state index in [1.54, 1.807) is 13.8 Å². The van der Waals surface area contributed by atoms with Crippen molar-refractivity contribution in [3.63, 3.8) is 0 Å². The first-order chi connectivity index (χ1) is 5.63. The van der Waals surface area contributed by atoms with E-state index in [9.17, 15) is 4.79 Å². The molecule has 70 valence electrons. The second-order valence-corrected chi connectivity index (χ2v) is 2.58. The van der Waals surface area contributed by atoms with E-state index in [-0.39, 0.29) is 12.0 Å². The normalized spacial score (nSPS) is 14.2. The molecule has 0 saturated carbocycles. The molecule has 0 heterocycles. The fourth-order valence-electron chi connectivity index (χ4n) is 0.889. The van der Waals surface area contributed by atoms with E-state index in [0.717, 1.165) is 6.42 Å². The van der Waals surface area contributed by atoms with Crippen molar-refractivity contribution in [1.29, 1.82) is 0 Å². The number of ether oxygens (including phenoxy) is 1. The highest BCUT2D eigenvalue weighted by molar-refractivity contribution is 5.89. The molecule has 3 heteroatoms. The lowest BCUT2D eigenvalue weighted by Gasteiger charge is -2.09. The Bertz CT molecular complexity index is 173. The molecular formula is C9H17NO2. The van der Waals surface area contributed by atoms with Gasteiger partial charge in [0.15, 0.2) is 0 Å². The number of allylic oxidation sites excluding steroid dienone is 1. The van der Waals surface area contributed by atoms with Crippen LogP contribution in [-0.2, 0) is 9.53 Å². The van der Waals surface area contributed by atoms with Crippen molar-refractivity contribution in [1.82, 2.24) is 0 Å². The van der Waals surface area contributed by atoms with Crippen LogP contribution in [0.15, 0.2) is 11.6 Å². The summed E-state index contributed by atoms with van der Waals surface area (Å²) in [5, 5.41) is 0. The quantitative estimate of drug-likeness (QED) is 0.511. The van der Waals surface area contributed by atoms with Crippen LogP contribution in [0.3, 0.4) is 0 Å². The maximum Gasteiger partial charge on any atom is 0.335 e. The fraction of sp³-hybridized carbons (Fsp3) is 0.667. The van der Waals surface area contributed by atoms with Gasteiger partial charge in [-0.3, -0.25) is 0 Å². The number of rotatable bonds is 4. The average Bonchev–Trinajstić information content (AvgIpc) is 1.99. The zero-order chi connectivity index (χ0) is 9.56. The second kappa shape index (κ2) is 5.77. The molecular weight excluding hydrogens is 154 g/mol. The summed E-state index contributed by atoms with van der Waals surface area (Å²) in [4.78, 5) is 11.2. The van der Waals surface area contributed by atoms with Gasteiger partial charge >= 0.3 is 5.97 Å². The SMILES string of the molecule is CCC=C(C(=O)OCC)C(C)N. The molecule has 0 aliphatic carbocycles. The summed E-state index contributed by atoms with van der Waals surface area (Å²) in [6.45, 7) is 5.91. The van der Waals surface area contributed by atoms with Gasteiger partial charge in [0.2, 0.25) is 0 Å². The molecule has 0 saturated heterocycles. The molecule has 0 aliphatic rings. The van der Waals surface area contributed by atoms with E-state index in [0.29, 0.717) is 12.2 Å². The van der Waals surface area contributed by atoms with Crippen molar-refractivity contribution in [3.05, 3.63) is 11.6 Å². The summed E-state index contributed by atoms with van der Waals surface area (Å²) in [6.07, 6.45) is 2.61. The molecule has 0 fully saturated rings. The van der Waals surface area contributed by atoms with Crippen LogP contribution in [0.2, 0.25) is 0 Å². The third-order valence-electron chi connectivity index (χ3n) is 1.43. The van der Waals surface area contributed by atoms with Gasteiger partial charge in [-0.05, 0) is 20.3 Å². The monoisotopic (exact) mass is 171 g/mol. The van der Waals surface area contributed by atoms with E-state index < -0.39 is 0 Å². The van der Waals surface area contributed by atoms with Crippen molar-refractivity contribution in [2.45, 2.75) is 33.2 Å². The minimum Gasteiger partial charge on any atom is -0.463 e. The van der Waals surface area contributed by atoms with E-state index >= 15 is 0 Å². The van der Waals surface area contributed by atoms with Gasteiger partial charge < -0.3 is 10.5 Å². The van der Waals surface area contributed by atoms with Gasteiger partial charge in [-0.2, -0.15) is 0 Å². The number of esters is 1. The number of carbonyl (C=O) groups excluding carboxylic acids is 1. The zero-order valence-corrected chi connectivity index (χ0v) is 7.96. The average molecular weight is 171 g/mol. The molecule has 1 atom stereocenters. The molecule has 2 N–H and O–H groups in total. The predicted molar refractivity (Wildman–Crippen MR) is 48.7 cm³/mol. The van der Waals surface area contributed by atoms with Crippen molar-refractivity contribution >= 4 is 5.97 Å². The lowest BCUT2D eigenvalue weighted by molar-refractivity contribution is -0.138. The highest BCUT2D eigenvalue weighted by atomic mass is 16.5. The molecule has 0 amide bonds. The van der Waals surface area contributed by atoms with E-state index in [4.69, 9.17) is 10.5 Å². The van der Waals surface area contributed by atoms with Crippen LogP contribution in [-0.4, -0.2) is 18.6 Å². The van der Waals surface area contributed by atoms with Gasteiger partial charge in [-0.25, -0.2) is 4.79 Å². The topological polar surface area (TPSA) is 52.3 Å². The number of carbonyl (C=O) groups is 1. The van der Waals surface area contributed by atoms with E-state index in [1.165, 1.54) is 0 Å². The summed E-state index contributed by atoms with van der Waals surface area (Å²) in [6, 6.07) is -0.246. The predicted octanol–water partition coefficient (Wildman–Crippen LogP) is 1.23. The van der Waals surface area contributed by atoms with Crippen molar-refractivity contribution in [2.24, 2.45) is 5.73 Å². The van der Waals surface area contributed by atoms with Gasteiger partial charge in [-0.1, -0.05) is 13.0 Å². The summed E-state index contributed by atoms with van der Waals surface area (Å²) >= 11 is 0. The van der Waals surface area contributed by atoms with E-state index in [2.05, 4.69) is 0 Å². The molecule has 0 aromatic heterocycles. The van der Waals surface area contributed by atoms with Crippen LogP contribution >= 0.6 is 0 Å². The summed E-state index contributed by atoms with van der Waals surface area (Å²) in [5.74, 6) is -0.297. The van der Waals surface area contributed by atoms with Gasteiger partial charge in [0.1, 0.15) is 0 Å². The minimum atomic E-state index is -0.297. The largest absolute Gasteiger partial charge is 0.463 e. The standard InChI is InChI=1S/C9H17NO2/c1-4-6-8(7(3)10)9(11)12-5-2/h6-7H,4-5,10H2,1-3H3. The smallest absolute Gasteiger partial charge is 0.335 e. The Morgan fingerprint density at radius 1 is 1.58 bits per heavy atom. The molecule has 1 unspecified atom stereocenters. The second-order valence-electron chi connectivity index (χ2n) is 2.58. The Kier molecular flexibility index (Phi) is 5.37. The Hall–Kier alpha value is -0.830. The lowest BCUT2D eigenvalue weighted by Crippen LogP contribution is -2.25. The zero-order valence-electron chi connectivity index (χ0n) is 7.96. The highest BCUT2D eigenvalue weighted by Gasteiger charge is 2.13. The first kappa shape index (κ1) is 11.2. The molecule has 0 bridgehead atoms. The number of hydrogen-bond donors (Lipinski definition) is 1. The van der Waals surface area contributed by atoms with Crippen LogP contribution in [0.4, 0.5) is 0 Å². The van der Waals surface area contributed by atoms with Crippen molar-refractivity contribution < 1.29 is 9.53 Å². The minimum absolute atomic E-state index is 0.246. The molecule has 0 spiro atoms. The van der Waals surface area contributed by atoms with Gasteiger partial charge in [0.05, 0.1) is 6.61 Å². The molecule has 0 radical (unpaired) electrons. The summed E-state index contributed by atoms with van der Waals surface area (Å²) < 4.78 is 4.83. The fourth-order valence-corrected chi connectivity index (χ4v) is 0.889. The van der Waals surface area contributed by atoms with Crippen LogP contribution < -0.4 is 5.73 Å². The van der Waals surface area contributed by atoms with Crippen molar-refractivity contribution in [3.8, 4) is 0 Å². The maximum absolute atomic E-state index is 11.2. The first-order valence-corrected chi connectivity index (χ1v) is 4.26. The molecule has 0 aromatic rings. The van der Waals surface area contributed by atoms with Gasteiger partial charge in [0.25, 0.3) is 0 Å². The van der Waals surface area contributed by atoms with Crippen LogP contribution in [0.25, 0.3) is 0 Å². The van der Waals surface area contributed by atoms with Crippen LogP contribution in [0, 0.1) is 0 Å². The molecule has 0 aromatic carbocycles. The van der Waals surface area contributed by atoms with Gasteiger partial charge in [0, 0.05) is 11.6 Å². The molecule has 12 heavy (non-hydrogen) atoms. The summed E-state index contributed by atoms with van der Waals surface area (Å²) in [5.41, 5.74) is 6.15. The van der Waals surface area contributed by atoms with E-state index in [1.807, 2.05) is 13.0 Å². The Balaban J connectivity index is 4.30. The van der Waals surface area contributed by atoms with Gasteiger partial charge in [-0.15, -0.1) is 0 Å². The maximum atomic E-state index is 11.2. The molecule has 0 aliphatic heterocycles.